The standard InChI is InChI=1S/C25H28F5NO3S/c1-18(2)13-15-33-22-9-5-20(24(17-22)34-16-14-19(3)4)6-12-25(32)31-21-7-10-23(11-8-21)35(26,27,28,29)30/h5-14,17H,15-16H2,1-4H3,(H,31,32)/b12-6+. The molecule has 0 aromatic heterocycles. The largest absolute Gasteiger partial charge is 0.489 e. The lowest BCUT2D eigenvalue weighted by atomic mass is 10.1. The summed E-state index contributed by atoms with van der Waals surface area (Å²) in [6.45, 7) is 8.45. The van der Waals surface area contributed by atoms with Crippen molar-refractivity contribution in [1.29, 1.82) is 0 Å². The quantitative estimate of drug-likeness (QED) is 0.195. The van der Waals surface area contributed by atoms with Gasteiger partial charge >= 0.3 is 10.2 Å². The summed E-state index contributed by atoms with van der Waals surface area (Å²) in [5, 5.41) is 2.34. The van der Waals surface area contributed by atoms with Gasteiger partial charge in [-0.3, -0.25) is 4.79 Å². The third kappa shape index (κ3) is 9.86. The van der Waals surface area contributed by atoms with Crippen LogP contribution in [0.3, 0.4) is 0 Å². The summed E-state index contributed by atoms with van der Waals surface area (Å²) < 4.78 is 75.6. The van der Waals surface area contributed by atoms with E-state index in [0.29, 0.717) is 30.3 Å². The van der Waals surface area contributed by atoms with Gasteiger partial charge in [0.25, 0.3) is 0 Å². The first-order valence-corrected chi connectivity index (χ1v) is 12.5. The van der Waals surface area contributed by atoms with Gasteiger partial charge in [-0.15, -0.1) is 0 Å². The maximum atomic E-state index is 12.8. The van der Waals surface area contributed by atoms with E-state index < -0.39 is 21.0 Å². The Kier molecular flexibility index (Phi) is 8.11. The molecule has 0 radical (unpaired) electrons. The Morgan fingerprint density at radius 1 is 0.857 bits per heavy atom. The Bertz CT molecular complexity index is 1150. The van der Waals surface area contributed by atoms with Crippen molar-refractivity contribution in [2.24, 2.45) is 0 Å². The molecule has 1 N–H and O–H groups in total. The molecule has 0 bridgehead atoms. The Hall–Kier alpha value is -3.27. The fourth-order valence-electron chi connectivity index (χ4n) is 2.61. The smallest absolute Gasteiger partial charge is 0.310 e. The van der Waals surface area contributed by atoms with Gasteiger partial charge in [0.2, 0.25) is 5.91 Å². The number of nitrogens with one attached hydrogen (secondary N) is 1. The van der Waals surface area contributed by atoms with Gasteiger partial charge in [-0.25, -0.2) is 0 Å². The van der Waals surface area contributed by atoms with Gasteiger partial charge in [-0.1, -0.05) is 30.6 Å². The molecule has 35 heavy (non-hydrogen) atoms. The number of ether oxygens (including phenoxy) is 2. The van der Waals surface area contributed by atoms with E-state index in [2.05, 4.69) is 5.32 Å². The molecule has 0 saturated heterocycles. The molecule has 2 aromatic rings. The maximum absolute atomic E-state index is 12.8. The predicted molar refractivity (Wildman–Crippen MR) is 132 cm³/mol. The molecular weight excluding hydrogens is 489 g/mol. The van der Waals surface area contributed by atoms with Gasteiger partial charge in [-0.2, -0.15) is 0 Å². The normalized spacial score (nSPS) is 13.4. The van der Waals surface area contributed by atoms with E-state index in [4.69, 9.17) is 9.47 Å². The maximum Gasteiger partial charge on any atom is 0.310 e. The van der Waals surface area contributed by atoms with Gasteiger partial charge in [0.15, 0.2) is 0 Å². The number of carbonyl (C=O) groups is 1. The second kappa shape index (κ2) is 10.2. The molecule has 2 aromatic carbocycles. The van der Waals surface area contributed by atoms with E-state index in [1.807, 2.05) is 39.8 Å². The molecule has 192 valence electrons. The second-order valence-corrected chi connectivity index (χ2v) is 10.6. The number of hydrogen-bond donors (Lipinski definition) is 1. The van der Waals surface area contributed by atoms with Crippen molar-refractivity contribution in [3.63, 3.8) is 0 Å². The van der Waals surface area contributed by atoms with Gasteiger partial charge in [-0.05, 0) is 82.3 Å². The number of amides is 1. The van der Waals surface area contributed by atoms with Crippen LogP contribution in [-0.2, 0) is 4.79 Å². The van der Waals surface area contributed by atoms with Crippen molar-refractivity contribution in [2.45, 2.75) is 32.6 Å². The second-order valence-electron chi connectivity index (χ2n) is 8.20. The van der Waals surface area contributed by atoms with Crippen LogP contribution in [0.25, 0.3) is 6.08 Å². The predicted octanol–water partition coefficient (Wildman–Crippen LogP) is 8.69. The van der Waals surface area contributed by atoms with E-state index in [1.54, 1.807) is 18.2 Å². The molecule has 0 unspecified atom stereocenters. The van der Waals surface area contributed by atoms with Crippen LogP contribution < -0.4 is 14.8 Å². The molecule has 10 heteroatoms. The van der Waals surface area contributed by atoms with Gasteiger partial charge < -0.3 is 14.8 Å². The first kappa shape index (κ1) is 28.0. The van der Waals surface area contributed by atoms with Crippen molar-refractivity contribution in [2.75, 3.05) is 18.5 Å². The zero-order valence-corrected chi connectivity index (χ0v) is 20.6. The molecule has 0 atom stereocenters. The van der Waals surface area contributed by atoms with Crippen LogP contribution in [0, 0.1) is 0 Å². The fourth-order valence-corrected chi connectivity index (χ4v) is 3.27. The summed E-state index contributed by atoms with van der Waals surface area (Å²) in [6.07, 6.45) is 6.43. The van der Waals surface area contributed by atoms with Crippen LogP contribution in [0.2, 0.25) is 0 Å². The third-order valence-electron chi connectivity index (χ3n) is 4.44. The van der Waals surface area contributed by atoms with E-state index in [-0.39, 0.29) is 17.8 Å². The van der Waals surface area contributed by atoms with Gasteiger partial charge in [0.05, 0.1) is 0 Å². The van der Waals surface area contributed by atoms with Crippen LogP contribution >= 0.6 is 10.2 Å². The minimum absolute atomic E-state index is 0.0618. The lowest BCUT2D eigenvalue weighted by Crippen LogP contribution is -2.09. The minimum atomic E-state index is -9.77. The fraction of sp³-hybridized carbons (Fsp3) is 0.240. The molecule has 4 nitrogen and oxygen atoms in total. The van der Waals surface area contributed by atoms with Gasteiger partial charge in [0.1, 0.15) is 29.6 Å². The van der Waals surface area contributed by atoms with Crippen molar-refractivity contribution in [1.82, 2.24) is 0 Å². The zero-order valence-electron chi connectivity index (χ0n) is 19.8. The van der Waals surface area contributed by atoms with E-state index in [9.17, 15) is 24.2 Å². The van der Waals surface area contributed by atoms with Crippen molar-refractivity contribution in [3.05, 3.63) is 77.4 Å². The highest BCUT2D eigenvalue weighted by Crippen LogP contribution is 3.02. The first-order valence-electron chi connectivity index (χ1n) is 10.5. The summed E-state index contributed by atoms with van der Waals surface area (Å²) in [6, 6.07) is 7.12. The summed E-state index contributed by atoms with van der Waals surface area (Å²) in [4.78, 5) is 10.2. The number of benzene rings is 2. The highest BCUT2D eigenvalue weighted by molar-refractivity contribution is 8.45. The molecule has 0 aliphatic carbocycles. The van der Waals surface area contributed by atoms with E-state index >= 15 is 0 Å². The summed E-state index contributed by atoms with van der Waals surface area (Å²) >= 11 is 0. The Balaban J connectivity index is 2.16. The summed E-state index contributed by atoms with van der Waals surface area (Å²) in [5.41, 5.74) is 2.67. The van der Waals surface area contributed by atoms with Crippen LogP contribution in [0.1, 0.15) is 33.3 Å². The topological polar surface area (TPSA) is 47.6 Å². The van der Waals surface area contributed by atoms with Crippen LogP contribution in [0.15, 0.2) is 76.7 Å². The zero-order chi connectivity index (χ0) is 26.3. The third-order valence-corrected chi connectivity index (χ3v) is 5.60. The molecule has 0 aliphatic rings. The molecule has 0 spiro atoms. The molecule has 0 heterocycles. The first-order chi connectivity index (χ1) is 16.0. The molecule has 2 rings (SSSR count). The number of carbonyl (C=O) groups excluding carboxylic acids is 1. The number of rotatable bonds is 10. The van der Waals surface area contributed by atoms with Gasteiger partial charge in [0, 0.05) is 23.4 Å². The molecule has 0 fully saturated rings. The lowest BCUT2D eigenvalue weighted by Gasteiger charge is -2.40. The lowest BCUT2D eigenvalue weighted by molar-refractivity contribution is -0.111. The summed E-state index contributed by atoms with van der Waals surface area (Å²) in [5.74, 6) is 0.367. The number of halogens is 5. The van der Waals surface area contributed by atoms with Crippen LogP contribution in [0.5, 0.6) is 11.5 Å². The highest BCUT2D eigenvalue weighted by Gasteiger charge is 2.65. The number of allylic oxidation sites excluding steroid dienone is 2. The Morgan fingerprint density at radius 3 is 1.97 bits per heavy atom. The van der Waals surface area contributed by atoms with E-state index in [1.165, 1.54) is 6.08 Å². The average molecular weight is 518 g/mol. The molecule has 0 saturated carbocycles. The number of hydrogen-bond acceptors (Lipinski definition) is 3. The molecule has 1 amide bonds. The van der Waals surface area contributed by atoms with Crippen LogP contribution in [-0.4, -0.2) is 19.1 Å². The highest BCUT2D eigenvalue weighted by atomic mass is 32.5. The minimum Gasteiger partial charge on any atom is -0.489 e. The Labute approximate surface area is 201 Å². The van der Waals surface area contributed by atoms with Crippen molar-refractivity contribution >= 4 is 27.9 Å². The van der Waals surface area contributed by atoms with Crippen molar-refractivity contribution in [3.8, 4) is 11.5 Å². The van der Waals surface area contributed by atoms with Crippen molar-refractivity contribution < 1.29 is 33.7 Å². The Morgan fingerprint density at radius 2 is 1.43 bits per heavy atom. The number of anilines is 1. The molecule has 0 aliphatic heterocycles. The van der Waals surface area contributed by atoms with Crippen LogP contribution in [0.4, 0.5) is 25.1 Å². The average Bonchev–Trinajstić information content (AvgIpc) is 2.71. The summed E-state index contributed by atoms with van der Waals surface area (Å²) in [7, 11) is -9.77. The monoisotopic (exact) mass is 517 g/mol. The van der Waals surface area contributed by atoms with E-state index in [0.717, 1.165) is 29.4 Å². The molecular formula is C25H28F5NO3S. The SMILES string of the molecule is CC(C)=CCOc1ccc(/C=C/C(=O)Nc2ccc(S(F)(F)(F)(F)F)cc2)c(OCC=C(C)C)c1.